The van der Waals surface area contributed by atoms with Crippen LogP contribution >= 0.6 is 0 Å². The van der Waals surface area contributed by atoms with Gasteiger partial charge in [-0.15, -0.1) is 0 Å². The molecular formula is C8H15N3O2S. The van der Waals surface area contributed by atoms with Crippen LogP contribution in [0.5, 0.6) is 0 Å². The van der Waals surface area contributed by atoms with E-state index in [9.17, 15) is 8.42 Å². The van der Waals surface area contributed by atoms with Gasteiger partial charge in [-0.2, -0.15) is 12.7 Å². The van der Waals surface area contributed by atoms with Crippen LogP contribution in [0.25, 0.3) is 0 Å². The van der Waals surface area contributed by atoms with Crippen LogP contribution in [0.4, 0.5) is 0 Å². The standard InChI is InChI=1S/C8H15N3O2S/c1-8(2)7-4-10-3-6(7)5-11(8)14(9,12)13/h10H,3-5H2,1-2H3,(H2,9,12,13). The SMILES string of the molecule is CC1(C)C2=C(CNC2)CN1S(N)(=O)=O. The molecule has 0 amide bonds. The highest BCUT2D eigenvalue weighted by Crippen LogP contribution is 2.36. The maximum Gasteiger partial charge on any atom is 0.277 e. The molecule has 0 atom stereocenters. The predicted molar refractivity (Wildman–Crippen MR) is 53.8 cm³/mol. The van der Waals surface area contributed by atoms with E-state index in [0.717, 1.165) is 13.1 Å². The molecule has 2 aliphatic rings. The van der Waals surface area contributed by atoms with Crippen LogP contribution in [0.3, 0.4) is 0 Å². The Morgan fingerprint density at radius 1 is 1.43 bits per heavy atom. The third-order valence-electron chi connectivity index (χ3n) is 3.07. The van der Waals surface area contributed by atoms with E-state index in [-0.39, 0.29) is 0 Å². The first-order chi connectivity index (χ1) is 6.33. The van der Waals surface area contributed by atoms with Gasteiger partial charge in [0.05, 0.1) is 5.54 Å². The van der Waals surface area contributed by atoms with Crippen molar-refractivity contribution in [3.63, 3.8) is 0 Å². The fourth-order valence-corrected chi connectivity index (χ4v) is 3.38. The molecule has 80 valence electrons. The van der Waals surface area contributed by atoms with Gasteiger partial charge in [0.25, 0.3) is 10.2 Å². The molecule has 0 aromatic carbocycles. The van der Waals surface area contributed by atoms with Crippen LogP contribution < -0.4 is 10.5 Å². The van der Waals surface area contributed by atoms with E-state index in [4.69, 9.17) is 5.14 Å². The number of nitrogens with zero attached hydrogens (tertiary/aromatic N) is 1. The number of nitrogens with one attached hydrogen (secondary N) is 1. The molecular weight excluding hydrogens is 202 g/mol. The molecule has 0 bridgehead atoms. The minimum atomic E-state index is -3.59. The summed E-state index contributed by atoms with van der Waals surface area (Å²) < 4.78 is 24.0. The third-order valence-corrected chi connectivity index (χ3v) is 4.27. The topological polar surface area (TPSA) is 75.4 Å². The smallest absolute Gasteiger partial charge is 0.277 e. The van der Waals surface area contributed by atoms with Crippen molar-refractivity contribution in [3.8, 4) is 0 Å². The molecule has 0 aromatic heterocycles. The molecule has 6 heteroatoms. The number of nitrogens with two attached hydrogens (primary N) is 1. The zero-order valence-electron chi connectivity index (χ0n) is 8.37. The average molecular weight is 217 g/mol. The first-order valence-electron chi connectivity index (χ1n) is 4.56. The summed E-state index contributed by atoms with van der Waals surface area (Å²) in [7, 11) is -3.59. The van der Waals surface area contributed by atoms with Gasteiger partial charge in [-0.1, -0.05) is 0 Å². The van der Waals surface area contributed by atoms with E-state index in [1.54, 1.807) is 0 Å². The molecule has 2 rings (SSSR count). The van der Waals surface area contributed by atoms with Gasteiger partial charge in [0.15, 0.2) is 0 Å². The van der Waals surface area contributed by atoms with Crippen molar-refractivity contribution in [3.05, 3.63) is 11.1 Å². The lowest BCUT2D eigenvalue weighted by molar-refractivity contribution is 0.305. The molecule has 5 nitrogen and oxygen atoms in total. The Bertz CT molecular complexity index is 397. The van der Waals surface area contributed by atoms with Gasteiger partial charge in [0, 0.05) is 19.6 Å². The normalized spacial score (nSPS) is 27.1. The second-order valence-electron chi connectivity index (χ2n) is 4.30. The van der Waals surface area contributed by atoms with Crippen molar-refractivity contribution < 1.29 is 8.42 Å². The lowest BCUT2D eigenvalue weighted by Crippen LogP contribution is -2.49. The fourth-order valence-electron chi connectivity index (χ4n) is 2.30. The summed E-state index contributed by atoms with van der Waals surface area (Å²) in [6.07, 6.45) is 0. The highest BCUT2D eigenvalue weighted by molar-refractivity contribution is 7.86. The van der Waals surface area contributed by atoms with Crippen LogP contribution in [0.1, 0.15) is 13.8 Å². The quantitative estimate of drug-likeness (QED) is 0.564. The second kappa shape index (κ2) is 2.79. The molecule has 3 N–H and O–H groups in total. The molecule has 0 aliphatic carbocycles. The number of hydrogen-bond acceptors (Lipinski definition) is 3. The third kappa shape index (κ3) is 1.30. The van der Waals surface area contributed by atoms with E-state index in [1.807, 2.05) is 13.8 Å². The molecule has 0 saturated carbocycles. The lowest BCUT2D eigenvalue weighted by Gasteiger charge is -2.32. The highest BCUT2D eigenvalue weighted by Gasteiger charge is 2.45. The van der Waals surface area contributed by atoms with Crippen LogP contribution in [0, 0.1) is 0 Å². The molecule has 0 saturated heterocycles. The zero-order chi connectivity index (χ0) is 10.6. The molecule has 2 aliphatic heterocycles. The summed E-state index contributed by atoms with van der Waals surface area (Å²) in [6, 6.07) is 0. The summed E-state index contributed by atoms with van der Waals surface area (Å²) in [5.74, 6) is 0. The fraction of sp³-hybridized carbons (Fsp3) is 0.750. The number of hydrogen-bond donors (Lipinski definition) is 2. The Kier molecular flexibility index (Phi) is 2.01. The molecule has 2 heterocycles. The summed E-state index contributed by atoms with van der Waals surface area (Å²) in [6.45, 7) is 5.78. The first kappa shape index (κ1) is 10.1. The Morgan fingerprint density at radius 2 is 2.07 bits per heavy atom. The second-order valence-corrected chi connectivity index (χ2v) is 5.77. The highest BCUT2D eigenvalue weighted by atomic mass is 32.2. The van der Waals surface area contributed by atoms with Crippen molar-refractivity contribution in [2.75, 3.05) is 19.6 Å². The molecule has 0 spiro atoms. The van der Waals surface area contributed by atoms with Crippen LogP contribution in [0.15, 0.2) is 11.1 Å². The maximum atomic E-state index is 11.3. The molecule has 14 heavy (non-hydrogen) atoms. The van der Waals surface area contributed by atoms with E-state index in [1.165, 1.54) is 15.5 Å². The van der Waals surface area contributed by atoms with E-state index >= 15 is 0 Å². The average Bonchev–Trinajstić information content (AvgIpc) is 2.51. The van der Waals surface area contributed by atoms with Crippen molar-refractivity contribution in [2.45, 2.75) is 19.4 Å². The van der Waals surface area contributed by atoms with Gasteiger partial charge in [0.2, 0.25) is 0 Å². The van der Waals surface area contributed by atoms with Gasteiger partial charge in [-0.3, -0.25) is 0 Å². The minimum absolute atomic E-state index is 0.439. The Morgan fingerprint density at radius 3 is 2.57 bits per heavy atom. The van der Waals surface area contributed by atoms with Gasteiger partial charge < -0.3 is 5.32 Å². The summed E-state index contributed by atoms with van der Waals surface area (Å²) >= 11 is 0. The van der Waals surface area contributed by atoms with Gasteiger partial charge in [0.1, 0.15) is 0 Å². The zero-order valence-corrected chi connectivity index (χ0v) is 9.19. The lowest BCUT2D eigenvalue weighted by atomic mass is 9.96. The number of rotatable bonds is 1. The molecule has 0 aromatic rings. The van der Waals surface area contributed by atoms with Gasteiger partial charge >= 0.3 is 0 Å². The maximum absolute atomic E-state index is 11.3. The Labute approximate surface area is 84.1 Å². The van der Waals surface area contributed by atoms with Gasteiger partial charge in [-0.25, -0.2) is 5.14 Å². The van der Waals surface area contributed by atoms with Crippen LogP contribution in [-0.4, -0.2) is 37.9 Å². The van der Waals surface area contributed by atoms with Gasteiger partial charge in [-0.05, 0) is 25.0 Å². The predicted octanol–water partition coefficient (Wildman–Crippen LogP) is -0.816. The summed E-state index contributed by atoms with van der Waals surface area (Å²) in [5.41, 5.74) is 1.88. The van der Waals surface area contributed by atoms with E-state index in [2.05, 4.69) is 5.32 Å². The Hall–Kier alpha value is -0.430. The molecule has 0 radical (unpaired) electrons. The van der Waals surface area contributed by atoms with Crippen molar-refractivity contribution in [1.82, 2.24) is 9.62 Å². The summed E-state index contributed by atoms with van der Waals surface area (Å²) in [5, 5.41) is 8.39. The van der Waals surface area contributed by atoms with Crippen molar-refractivity contribution in [1.29, 1.82) is 0 Å². The van der Waals surface area contributed by atoms with E-state index in [0.29, 0.717) is 6.54 Å². The molecule has 0 unspecified atom stereocenters. The van der Waals surface area contributed by atoms with Crippen LogP contribution in [-0.2, 0) is 10.2 Å². The van der Waals surface area contributed by atoms with Crippen LogP contribution in [0.2, 0.25) is 0 Å². The Balaban J connectivity index is 2.39. The van der Waals surface area contributed by atoms with Crippen molar-refractivity contribution in [2.24, 2.45) is 5.14 Å². The largest absolute Gasteiger partial charge is 0.309 e. The first-order valence-corrected chi connectivity index (χ1v) is 6.06. The molecule has 0 fully saturated rings. The van der Waals surface area contributed by atoms with E-state index < -0.39 is 15.7 Å². The monoisotopic (exact) mass is 217 g/mol. The summed E-state index contributed by atoms with van der Waals surface area (Å²) in [4.78, 5) is 0. The minimum Gasteiger partial charge on any atom is -0.309 e. The van der Waals surface area contributed by atoms with Crippen molar-refractivity contribution >= 4 is 10.2 Å².